The lowest BCUT2D eigenvalue weighted by Gasteiger charge is -2.13. The van der Waals surface area contributed by atoms with Crippen molar-refractivity contribution in [1.29, 1.82) is 0 Å². The summed E-state index contributed by atoms with van der Waals surface area (Å²) in [6.45, 7) is 3.77. The Labute approximate surface area is 184 Å². The highest BCUT2D eigenvalue weighted by Crippen LogP contribution is 2.31. The highest BCUT2D eigenvalue weighted by Gasteiger charge is 2.34. The zero-order valence-electron chi connectivity index (χ0n) is 17.3. The molecule has 31 heavy (non-hydrogen) atoms. The number of hydrogen-bond acceptors (Lipinski definition) is 5. The lowest BCUT2D eigenvalue weighted by Crippen LogP contribution is -2.41. The number of imide groups is 1. The quantitative estimate of drug-likeness (QED) is 0.650. The van der Waals surface area contributed by atoms with Crippen molar-refractivity contribution in [3.63, 3.8) is 0 Å². The molecule has 4 amide bonds. The second-order valence-corrected chi connectivity index (χ2v) is 8.15. The van der Waals surface area contributed by atoms with Gasteiger partial charge in [0.15, 0.2) is 0 Å². The first-order valence-corrected chi connectivity index (χ1v) is 10.6. The highest BCUT2D eigenvalue weighted by molar-refractivity contribution is 8.18. The predicted molar refractivity (Wildman–Crippen MR) is 120 cm³/mol. The first-order valence-electron chi connectivity index (χ1n) is 9.77. The van der Waals surface area contributed by atoms with Gasteiger partial charge in [0.25, 0.3) is 17.1 Å². The number of amides is 4. The van der Waals surface area contributed by atoms with Crippen LogP contribution < -0.4 is 10.6 Å². The number of nitrogens with one attached hydrogen (secondary N) is 2. The summed E-state index contributed by atoms with van der Waals surface area (Å²) < 4.78 is 0. The summed E-state index contributed by atoms with van der Waals surface area (Å²) in [6.07, 6.45) is 1.67. The van der Waals surface area contributed by atoms with E-state index in [1.54, 1.807) is 18.2 Å². The molecule has 0 aromatic heterocycles. The molecule has 0 spiro atoms. The van der Waals surface area contributed by atoms with Crippen LogP contribution in [0.5, 0.6) is 0 Å². The molecule has 3 rings (SSSR count). The molecule has 1 aliphatic heterocycles. The Morgan fingerprint density at radius 3 is 2.35 bits per heavy atom. The lowest BCUT2D eigenvalue weighted by molar-refractivity contribution is -0.124. The van der Waals surface area contributed by atoms with Crippen LogP contribution in [0.15, 0.2) is 53.4 Å². The molecule has 1 fully saturated rings. The minimum Gasteiger partial charge on any atom is -0.353 e. The van der Waals surface area contributed by atoms with Crippen molar-refractivity contribution in [3.8, 4) is 0 Å². The SMILES string of the molecule is Cc1cc(C)cc(C(=O)NCC(=O)NCCN2C(=O)S/C(=C/c3ccccc3)C2=O)c1. The average molecular weight is 438 g/mol. The van der Waals surface area contributed by atoms with Crippen molar-refractivity contribution in [2.45, 2.75) is 13.8 Å². The van der Waals surface area contributed by atoms with Crippen molar-refractivity contribution in [1.82, 2.24) is 15.5 Å². The Balaban J connectivity index is 1.46. The van der Waals surface area contributed by atoms with Gasteiger partial charge in [-0.05, 0) is 49.4 Å². The van der Waals surface area contributed by atoms with Gasteiger partial charge in [-0.2, -0.15) is 0 Å². The first-order chi connectivity index (χ1) is 14.8. The fraction of sp³-hybridized carbons (Fsp3) is 0.217. The maximum Gasteiger partial charge on any atom is 0.293 e. The molecule has 1 heterocycles. The number of rotatable bonds is 7. The lowest BCUT2D eigenvalue weighted by atomic mass is 10.1. The fourth-order valence-electron chi connectivity index (χ4n) is 3.13. The minimum absolute atomic E-state index is 0.0631. The molecular weight excluding hydrogens is 414 g/mol. The Morgan fingerprint density at radius 2 is 1.68 bits per heavy atom. The van der Waals surface area contributed by atoms with E-state index in [9.17, 15) is 19.2 Å². The van der Waals surface area contributed by atoms with Gasteiger partial charge in [0, 0.05) is 18.7 Å². The van der Waals surface area contributed by atoms with Crippen LogP contribution in [0.3, 0.4) is 0 Å². The second-order valence-electron chi connectivity index (χ2n) is 7.15. The third-order valence-corrected chi connectivity index (χ3v) is 5.43. The number of hydrogen-bond donors (Lipinski definition) is 2. The Bertz CT molecular complexity index is 1030. The van der Waals surface area contributed by atoms with Crippen LogP contribution in [0.4, 0.5) is 4.79 Å². The van der Waals surface area contributed by atoms with E-state index in [1.165, 1.54) is 0 Å². The predicted octanol–water partition coefficient (Wildman–Crippen LogP) is 2.89. The van der Waals surface area contributed by atoms with Crippen LogP contribution in [0, 0.1) is 13.8 Å². The molecule has 1 aliphatic rings. The third-order valence-electron chi connectivity index (χ3n) is 4.52. The molecule has 0 unspecified atom stereocenters. The van der Waals surface area contributed by atoms with Gasteiger partial charge in [-0.1, -0.05) is 47.5 Å². The van der Waals surface area contributed by atoms with Gasteiger partial charge in [-0.3, -0.25) is 24.1 Å². The zero-order chi connectivity index (χ0) is 22.4. The maximum atomic E-state index is 12.5. The molecule has 1 saturated heterocycles. The third kappa shape index (κ3) is 6.05. The highest BCUT2D eigenvalue weighted by atomic mass is 32.2. The monoisotopic (exact) mass is 437 g/mol. The van der Waals surface area contributed by atoms with Crippen molar-refractivity contribution in [2.75, 3.05) is 19.6 Å². The molecule has 2 aromatic rings. The van der Waals surface area contributed by atoms with Gasteiger partial charge in [0.2, 0.25) is 5.91 Å². The van der Waals surface area contributed by atoms with Crippen LogP contribution in [0.2, 0.25) is 0 Å². The molecule has 0 bridgehead atoms. The van der Waals surface area contributed by atoms with Gasteiger partial charge in [-0.15, -0.1) is 0 Å². The molecule has 160 valence electrons. The fourth-order valence-corrected chi connectivity index (χ4v) is 4.00. The van der Waals surface area contributed by atoms with Crippen molar-refractivity contribution < 1.29 is 19.2 Å². The summed E-state index contributed by atoms with van der Waals surface area (Å²) >= 11 is 0.878. The normalized spacial score (nSPS) is 14.8. The summed E-state index contributed by atoms with van der Waals surface area (Å²) in [4.78, 5) is 50.3. The van der Waals surface area contributed by atoms with Gasteiger partial charge in [-0.25, -0.2) is 0 Å². The van der Waals surface area contributed by atoms with Crippen LogP contribution in [-0.2, 0) is 9.59 Å². The largest absolute Gasteiger partial charge is 0.353 e. The summed E-state index contributed by atoms with van der Waals surface area (Å²) in [5, 5.41) is 4.82. The number of thioether (sulfide) groups is 1. The van der Waals surface area contributed by atoms with Crippen LogP contribution in [-0.4, -0.2) is 47.5 Å². The van der Waals surface area contributed by atoms with E-state index in [1.807, 2.05) is 50.2 Å². The molecule has 0 aliphatic carbocycles. The molecule has 2 aromatic carbocycles. The van der Waals surface area contributed by atoms with Gasteiger partial charge in [0.05, 0.1) is 11.4 Å². The molecule has 0 radical (unpaired) electrons. The van der Waals surface area contributed by atoms with E-state index in [0.717, 1.165) is 33.4 Å². The Morgan fingerprint density at radius 1 is 1.00 bits per heavy atom. The van der Waals surface area contributed by atoms with E-state index in [-0.39, 0.29) is 36.7 Å². The van der Waals surface area contributed by atoms with Gasteiger partial charge >= 0.3 is 0 Å². The van der Waals surface area contributed by atoms with E-state index in [2.05, 4.69) is 10.6 Å². The molecule has 2 N–H and O–H groups in total. The van der Waals surface area contributed by atoms with Crippen LogP contribution in [0.25, 0.3) is 6.08 Å². The number of aryl methyl sites for hydroxylation is 2. The second kappa shape index (κ2) is 10.1. The van der Waals surface area contributed by atoms with Crippen molar-refractivity contribution >= 4 is 40.8 Å². The summed E-state index contributed by atoms with van der Waals surface area (Å²) in [7, 11) is 0. The number of carbonyl (C=O) groups excluding carboxylic acids is 4. The minimum atomic E-state index is -0.399. The van der Waals surface area contributed by atoms with Crippen LogP contribution >= 0.6 is 11.8 Å². The summed E-state index contributed by atoms with van der Waals surface area (Å²) in [5.41, 5.74) is 3.26. The summed E-state index contributed by atoms with van der Waals surface area (Å²) in [6, 6.07) is 14.7. The molecule has 0 atom stereocenters. The van der Waals surface area contributed by atoms with E-state index in [0.29, 0.717) is 10.5 Å². The average Bonchev–Trinajstić information content (AvgIpc) is 2.99. The molecular formula is C23H23N3O4S. The molecule has 8 heteroatoms. The number of carbonyl (C=O) groups is 4. The molecule has 0 saturated carbocycles. The van der Waals surface area contributed by atoms with Crippen molar-refractivity contribution in [2.24, 2.45) is 0 Å². The van der Waals surface area contributed by atoms with E-state index >= 15 is 0 Å². The van der Waals surface area contributed by atoms with E-state index < -0.39 is 5.91 Å². The van der Waals surface area contributed by atoms with Crippen molar-refractivity contribution in [3.05, 3.63) is 75.7 Å². The Hall–Kier alpha value is -3.39. The first kappa shape index (κ1) is 22.3. The number of nitrogens with zero attached hydrogens (tertiary/aromatic N) is 1. The molecule has 7 nitrogen and oxygen atoms in total. The van der Waals surface area contributed by atoms with E-state index in [4.69, 9.17) is 0 Å². The van der Waals surface area contributed by atoms with Gasteiger partial charge in [0.1, 0.15) is 0 Å². The standard InChI is InChI=1S/C23H23N3O4S/c1-15-10-16(2)12-18(11-15)21(28)25-14-20(27)24-8-9-26-22(29)19(31-23(26)30)13-17-6-4-3-5-7-17/h3-7,10-13H,8-9,14H2,1-2H3,(H,24,27)(H,25,28)/b19-13+. The maximum absolute atomic E-state index is 12.5. The van der Waals surface area contributed by atoms with Crippen LogP contribution in [0.1, 0.15) is 27.0 Å². The van der Waals surface area contributed by atoms with Gasteiger partial charge < -0.3 is 10.6 Å². The topological polar surface area (TPSA) is 95.6 Å². The smallest absolute Gasteiger partial charge is 0.293 e. The zero-order valence-corrected chi connectivity index (χ0v) is 18.1. The summed E-state index contributed by atoms with van der Waals surface area (Å²) in [5.74, 6) is -1.11. The Kier molecular flexibility index (Phi) is 7.25. The number of benzene rings is 2.